The second-order valence-electron chi connectivity index (χ2n) is 7.67. The molecule has 0 saturated carbocycles. The Morgan fingerprint density at radius 3 is 2.38 bits per heavy atom. The highest BCUT2D eigenvalue weighted by Gasteiger charge is 2.14. The largest absolute Gasteiger partial charge is 0.269 e. The molecular weight excluding hydrogens is 422 g/mol. The second kappa shape index (κ2) is 9.36. The predicted molar refractivity (Wildman–Crippen MR) is 129 cm³/mol. The summed E-state index contributed by atoms with van der Waals surface area (Å²) < 4.78 is 1.65. The van der Waals surface area contributed by atoms with Gasteiger partial charge in [-0.05, 0) is 47.7 Å². The molecule has 4 rings (SSSR count). The van der Waals surface area contributed by atoms with Crippen LogP contribution in [0, 0.1) is 10.1 Å². The average molecular weight is 446 g/mol. The number of hydrogen-bond acceptors (Lipinski definition) is 5. The van der Waals surface area contributed by atoms with E-state index in [4.69, 9.17) is 4.98 Å². The standard InChI is InChI=1S/C25H23N3O3S/c1-3-17(2)19-10-14-20(15-11-19)27-24(29)22-6-4-5-7-23(22)26-25(27)32-16-18-8-12-21(13-9-18)28(30)31/h4-15,17H,3,16H2,1-2H3. The number of para-hydroxylation sites is 1. The summed E-state index contributed by atoms with van der Waals surface area (Å²) in [5.74, 6) is 0.986. The van der Waals surface area contributed by atoms with Gasteiger partial charge in [-0.2, -0.15) is 0 Å². The second-order valence-corrected chi connectivity index (χ2v) is 8.61. The number of aromatic nitrogens is 2. The average Bonchev–Trinajstić information content (AvgIpc) is 2.83. The molecule has 0 aliphatic carbocycles. The zero-order chi connectivity index (χ0) is 22.7. The maximum absolute atomic E-state index is 13.4. The van der Waals surface area contributed by atoms with E-state index in [2.05, 4.69) is 26.0 Å². The Morgan fingerprint density at radius 1 is 1.03 bits per heavy atom. The number of fused-ring (bicyclic) bond motifs is 1. The van der Waals surface area contributed by atoms with Gasteiger partial charge in [0.2, 0.25) is 0 Å². The lowest BCUT2D eigenvalue weighted by molar-refractivity contribution is -0.384. The van der Waals surface area contributed by atoms with Crippen molar-refractivity contribution in [1.82, 2.24) is 9.55 Å². The lowest BCUT2D eigenvalue weighted by Crippen LogP contribution is -2.21. The van der Waals surface area contributed by atoms with Gasteiger partial charge in [0, 0.05) is 17.9 Å². The first-order chi connectivity index (χ1) is 15.5. The molecule has 1 aromatic heterocycles. The highest BCUT2D eigenvalue weighted by molar-refractivity contribution is 7.98. The van der Waals surface area contributed by atoms with E-state index in [0.717, 1.165) is 17.7 Å². The topological polar surface area (TPSA) is 78.0 Å². The molecule has 0 aliphatic rings. The lowest BCUT2D eigenvalue weighted by Gasteiger charge is -2.15. The zero-order valence-electron chi connectivity index (χ0n) is 17.9. The van der Waals surface area contributed by atoms with Crippen molar-refractivity contribution >= 4 is 28.4 Å². The Bertz CT molecular complexity index is 1320. The number of non-ortho nitro benzene ring substituents is 1. The van der Waals surface area contributed by atoms with Crippen LogP contribution in [0.5, 0.6) is 0 Å². The molecule has 0 amide bonds. The van der Waals surface area contributed by atoms with Crippen LogP contribution in [-0.4, -0.2) is 14.5 Å². The van der Waals surface area contributed by atoms with E-state index in [1.807, 2.05) is 30.3 Å². The summed E-state index contributed by atoms with van der Waals surface area (Å²) >= 11 is 1.44. The first-order valence-electron chi connectivity index (χ1n) is 10.5. The van der Waals surface area contributed by atoms with Crippen molar-refractivity contribution in [2.75, 3.05) is 0 Å². The zero-order valence-corrected chi connectivity index (χ0v) is 18.7. The predicted octanol–water partition coefficient (Wildman–Crippen LogP) is 6.10. The fourth-order valence-corrected chi connectivity index (χ4v) is 4.45. The highest BCUT2D eigenvalue weighted by atomic mass is 32.2. The van der Waals surface area contributed by atoms with Crippen molar-refractivity contribution in [3.8, 4) is 5.69 Å². The van der Waals surface area contributed by atoms with Gasteiger partial charge >= 0.3 is 0 Å². The van der Waals surface area contributed by atoms with Gasteiger partial charge in [0.15, 0.2) is 5.16 Å². The molecule has 0 N–H and O–H groups in total. The van der Waals surface area contributed by atoms with Crippen molar-refractivity contribution in [1.29, 1.82) is 0 Å². The van der Waals surface area contributed by atoms with Gasteiger partial charge in [-0.3, -0.25) is 19.5 Å². The molecule has 0 spiro atoms. The Labute approximate surface area is 190 Å². The lowest BCUT2D eigenvalue weighted by atomic mass is 9.98. The minimum absolute atomic E-state index is 0.0564. The molecule has 0 saturated heterocycles. The van der Waals surface area contributed by atoms with Gasteiger partial charge in [0.25, 0.3) is 11.2 Å². The van der Waals surface area contributed by atoms with E-state index in [-0.39, 0.29) is 11.2 Å². The van der Waals surface area contributed by atoms with E-state index in [9.17, 15) is 14.9 Å². The number of benzene rings is 3. The van der Waals surface area contributed by atoms with E-state index in [1.165, 1.54) is 29.5 Å². The van der Waals surface area contributed by atoms with Crippen molar-refractivity contribution in [3.05, 3.63) is 104 Å². The molecule has 4 aromatic rings. The van der Waals surface area contributed by atoms with Gasteiger partial charge < -0.3 is 0 Å². The first kappa shape index (κ1) is 21.8. The van der Waals surface area contributed by atoms with Gasteiger partial charge in [-0.25, -0.2) is 4.98 Å². The Hall–Kier alpha value is -3.45. The molecule has 0 fully saturated rings. The maximum atomic E-state index is 13.4. The molecule has 32 heavy (non-hydrogen) atoms. The summed E-state index contributed by atoms with van der Waals surface area (Å²) in [5, 5.41) is 12.0. The molecular formula is C25H23N3O3S. The van der Waals surface area contributed by atoms with Crippen LogP contribution in [0.1, 0.15) is 37.3 Å². The van der Waals surface area contributed by atoms with Crippen LogP contribution in [0.3, 0.4) is 0 Å². The number of nitro groups is 1. The minimum Gasteiger partial charge on any atom is -0.268 e. The summed E-state index contributed by atoms with van der Waals surface area (Å²) in [6, 6.07) is 21.8. The molecule has 0 aliphatic heterocycles. The van der Waals surface area contributed by atoms with Gasteiger partial charge in [0.1, 0.15) is 0 Å². The normalized spacial score (nSPS) is 12.1. The number of thioether (sulfide) groups is 1. The van der Waals surface area contributed by atoms with Crippen LogP contribution in [0.2, 0.25) is 0 Å². The summed E-state index contributed by atoms with van der Waals surface area (Å²) in [7, 11) is 0. The van der Waals surface area contributed by atoms with E-state index < -0.39 is 4.92 Å². The Kier molecular flexibility index (Phi) is 6.37. The van der Waals surface area contributed by atoms with Gasteiger partial charge in [-0.1, -0.05) is 62.0 Å². The summed E-state index contributed by atoms with van der Waals surface area (Å²) in [4.78, 5) is 28.6. The SMILES string of the molecule is CCC(C)c1ccc(-n2c(SCc3ccc([N+](=O)[O-])cc3)nc3ccccc3c2=O)cc1. The van der Waals surface area contributed by atoms with Gasteiger partial charge in [-0.15, -0.1) is 0 Å². The molecule has 3 aromatic carbocycles. The molecule has 162 valence electrons. The summed E-state index contributed by atoms with van der Waals surface area (Å²) in [6.45, 7) is 4.34. The molecule has 0 bridgehead atoms. The van der Waals surface area contributed by atoms with Crippen LogP contribution in [0.15, 0.2) is 82.7 Å². The molecule has 0 radical (unpaired) electrons. The fraction of sp³-hybridized carbons (Fsp3) is 0.200. The third-order valence-electron chi connectivity index (χ3n) is 5.59. The molecule has 1 heterocycles. The van der Waals surface area contributed by atoms with Crippen molar-refractivity contribution in [2.24, 2.45) is 0 Å². The number of nitrogens with zero attached hydrogens (tertiary/aromatic N) is 3. The quantitative estimate of drug-likeness (QED) is 0.149. The van der Waals surface area contributed by atoms with Crippen LogP contribution in [0.4, 0.5) is 5.69 Å². The third kappa shape index (κ3) is 4.43. The molecule has 7 heteroatoms. The minimum atomic E-state index is -0.414. The fourth-order valence-electron chi connectivity index (χ4n) is 3.49. The van der Waals surface area contributed by atoms with Crippen LogP contribution < -0.4 is 5.56 Å². The monoisotopic (exact) mass is 445 g/mol. The summed E-state index contributed by atoms with van der Waals surface area (Å²) in [6.07, 6.45) is 1.05. The van der Waals surface area contributed by atoms with Gasteiger partial charge in [0.05, 0.1) is 21.5 Å². The number of hydrogen-bond donors (Lipinski definition) is 0. The van der Waals surface area contributed by atoms with Crippen LogP contribution in [-0.2, 0) is 5.75 Å². The van der Waals surface area contributed by atoms with E-state index in [1.54, 1.807) is 22.8 Å². The highest BCUT2D eigenvalue weighted by Crippen LogP contribution is 2.27. The third-order valence-corrected chi connectivity index (χ3v) is 6.60. The molecule has 1 atom stereocenters. The number of rotatable bonds is 7. The smallest absolute Gasteiger partial charge is 0.268 e. The van der Waals surface area contributed by atoms with E-state index in [0.29, 0.717) is 27.7 Å². The van der Waals surface area contributed by atoms with Crippen LogP contribution >= 0.6 is 11.8 Å². The molecule has 6 nitrogen and oxygen atoms in total. The Balaban J connectivity index is 1.73. The van der Waals surface area contributed by atoms with Crippen molar-refractivity contribution < 1.29 is 4.92 Å². The Morgan fingerprint density at radius 2 is 1.72 bits per heavy atom. The molecule has 1 unspecified atom stereocenters. The first-order valence-corrected chi connectivity index (χ1v) is 11.4. The van der Waals surface area contributed by atoms with Crippen molar-refractivity contribution in [3.63, 3.8) is 0 Å². The maximum Gasteiger partial charge on any atom is 0.269 e. The van der Waals surface area contributed by atoms with E-state index >= 15 is 0 Å². The van der Waals surface area contributed by atoms with Crippen LogP contribution in [0.25, 0.3) is 16.6 Å². The van der Waals surface area contributed by atoms with Crippen molar-refractivity contribution in [2.45, 2.75) is 37.1 Å². The number of nitro benzene ring substituents is 1. The summed E-state index contributed by atoms with van der Waals surface area (Å²) in [5.41, 5.74) is 3.52.